The number of amides is 2. The first-order valence-electron chi connectivity index (χ1n) is 15.3. The molecule has 12 nitrogen and oxygen atoms in total. The number of hydrogen-bond acceptors (Lipinski definition) is 8. The molecule has 1 N–H and O–H groups in total. The smallest absolute Gasteiger partial charge is 0.410 e. The van der Waals surface area contributed by atoms with E-state index in [9.17, 15) is 31.2 Å². The van der Waals surface area contributed by atoms with E-state index in [1.807, 2.05) is 0 Å². The van der Waals surface area contributed by atoms with Crippen molar-refractivity contribution in [1.82, 2.24) is 14.8 Å². The van der Waals surface area contributed by atoms with Gasteiger partial charge in [0.05, 0.1) is 11.5 Å². The zero-order valence-electron chi connectivity index (χ0n) is 27.1. The van der Waals surface area contributed by atoms with Crippen LogP contribution in [-0.4, -0.2) is 63.5 Å². The van der Waals surface area contributed by atoms with Crippen LogP contribution in [0.15, 0.2) is 77.6 Å². The van der Waals surface area contributed by atoms with Gasteiger partial charge in [-0.3, -0.25) is 9.59 Å². The Bertz CT molecular complexity index is 1760. The second kappa shape index (κ2) is 14.7. The molecule has 0 atom stereocenters. The van der Waals surface area contributed by atoms with Crippen LogP contribution in [0.4, 0.5) is 10.5 Å². The maximum absolute atomic E-state index is 13.8. The molecule has 3 aromatic rings. The van der Waals surface area contributed by atoms with Crippen LogP contribution < -0.4 is 14.6 Å². The number of benzene rings is 2. The monoisotopic (exact) mass is 686 g/mol. The van der Waals surface area contributed by atoms with Crippen LogP contribution in [0.3, 0.4) is 0 Å². The topological polar surface area (TPSA) is 152 Å². The minimum atomic E-state index is -4.64. The van der Waals surface area contributed by atoms with Crippen molar-refractivity contribution >= 4 is 37.7 Å². The van der Waals surface area contributed by atoms with Gasteiger partial charge in [-0.2, -0.15) is 3.71 Å². The molecular weight excluding hydrogens is 645 g/mol. The average molecular weight is 687 g/mol. The quantitative estimate of drug-likeness (QED) is 0.320. The second-order valence-corrected chi connectivity index (χ2v) is 16.5. The highest BCUT2D eigenvalue weighted by atomic mass is 32.3. The van der Waals surface area contributed by atoms with Crippen molar-refractivity contribution in [2.24, 2.45) is 5.92 Å². The van der Waals surface area contributed by atoms with Gasteiger partial charge < -0.3 is 19.5 Å². The summed E-state index contributed by atoms with van der Waals surface area (Å²) in [6.07, 6.45) is 0.934. The van der Waals surface area contributed by atoms with Crippen molar-refractivity contribution in [3.05, 3.63) is 100.0 Å². The van der Waals surface area contributed by atoms with E-state index >= 15 is 0 Å². The molecule has 47 heavy (non-hydrogen) atoms. The first kappa shape index (κ1) is 35.7. The number of nitrogens with one attached hydrogen (secondary N) is 1. The van der Waals surface area contributed by atoms with E-state index in [-0.39, 0.29) is 15.7 Å². The van der Waals surface area contributed by atoms with Gasteiger partial charge in [-0.15, -0.1) is 0 Å². The molecule has 2 aromatic carbocycles. The number of pyridine rings is 1. The maximum atomic E-state index is 13.8. The number of aromatic nitrogens is 1. The zero-order chi connectivity index (χ0) is 34.4. The fourth-order valence-corrected chi connectivity index (χ4v) is 9.30. The maximum Gasteiger partial charge on any atom is 0.410 e. The first-order chi connectivity index (χ1) is 22.1. The minimum absolute atomic E-state index is 0.101. The van der Waals surface area contributed by atoms with Gasteiger partial charge in [0.1, 0.15) is 17.8 Å². The Morgan fingerprint density at radius 1 is 0.851 bits per heavy atom. The molecule has 1 fully saturated rings. The molecule has 14 heteroatoms. The molecule has 2 heterocycles. The van der Waals surface area contributed by atoms with E-state index in [0.29, 0.717) is 49.3 Å². The van der Waals surface area contributed by atoms with Gasteiger partial charge in [0, 0.05) is 25.3 Å². The molecule has 0 unspecified atom stereocenters. The van der Waals surface area contributed by atoms with Crippen LogP contribution in [0.1, 0.15) is 50.4 Å². The van der Waals surface area contributed by atoms with Gasteiger partial charge in [-0.25, -0.2) is 21.6 Å². The largest absolute Gasteiger partial charge is 0.444 e. The Balaban J connectivity index is 1.53. The highest BCUT2D eigenvalue weighted by Crippen LogP contribution is 2.25. The number of nitrogens with zero attached hydrogens (tertiary/aromatic N) is 3. The third-order valence-corrected chi connectivity index (χ3v) is 11.8. The molecule has 254 valence electrons. The predicted molar refractivity (Wildman–Crippen MR) is 180 cm³/mol. The van der Waals surface area contributed by atoms with Gasteiger partial charge in [0.2, 0.25) is 5.91 Å². The van der Waals surface area contributed by atoms with E-state index in [0.717, 1.165) is 10.6 Å². The third kappa shape index (κ3) is 9.67. The molecule has 1 aromatic heterocycles. The summed E-state index contributed by atoms with van der Waals surface area (Å²) in [4.78, 5) is 40.9. The molecule has 1 saturated heterocycles. The van der Waals surface area contributed by atoms with Crippen molar-refractivity contribution in [3.63, 3.8) is 0 Å². The molecule has 0 aliphatic carbocycles. The molecule has 0 spiro atoms. The fraction of sp³-hybridized carbons (Fsp3) is 0.424. The van der Waals surface area contributed by atoms with E-state index < -0.39 is 60.9 Å². The second-order valence-electron chi connectivity index (χ2n) is 12.6. The number of anilines is 1. The van der Waals surface area contributed by atoms with Gasteiger partial charge in [0.15, 0.2) is 0 Å². The van der Waals surface area contributed by atoms with E-state index in [1.165, 1.54) is 6.07 Å². The summed E-state index contributed by atoms with van der Waals surface area (Å²) >= 11 is 0. The number of aryl methyl sites for hydroxylation is 1. The lowest BCUT2D eigenvalue weighted by molar-refractivity contribution is -0.122. The van der Waals surface area contributed by atoms with Gasteiger partial charge >= 0.3 is 6.09 Å². The summed E-state index contributed by atoms with van der Waals surface area (Å²) in [5.41, 5.74) is -1.08. The van der Waals surface area contributed by atoms with Gasteiger partial charge in [0.25, 0.3) is 25.6 Å². The zero-order valence-corrected chi connectivity index (χ0v) is 28.7. The summed E-state index contributed by atoms with van der Waals surface area (Å²) in [7, 11) is -9.28. The molecular formula is C33H42N4O8S2. The average Bonchev–Trinajstić information content (AvgIpc) is 2.99. The number of ether oxygens (including phenoxy) is 1. The number of carbonyl (C=O) groups is 2. The van der Waals surface area contributed by atoms with E-state index in [4.69, 9.17) is 4.74 Å². The summed E-state index contributed by atoms with van der Waals surface area (Å²) < 4.78 is 61.9. The lowest BCUT2D eigenvalue weighted by Gasteiger charge is -2.33. The minimum Gasteiger partial charge on any atom is -0.444 e. The Morgan fingerprint density at radius 3 is 1.85 bits per heavy atom. The van der Waals surface area contributed by atoms with E-state index in [2.05, 4.69) is 5.32 Å². The van der Waals surface area contributed by atoms with Crippen LogP contribution in [-0.2, 0) is 47.6 Å². The fourth-order valence-electron chi connectivity index (χ4n) is 5.26. The lowest BCUT2D eigenvalue weighted by Crippen LogP contribution is -2.45. The van der Waals surface area contributed by atoms with Gasteiger partial charge in [-0.1, -0.05) is 60.7 Å². The van der Waals surface area contributed by atoms with Crippen molar-refractivity contribution in [1.29, 1.82) is 0 Å². The molecule has 4 rings (SSSR count). The third-order valence-electron chi connectivity index (χ3n) is 7.61. The van der Waals surface area contributed by atoms with Crippen LogP contribution >= 0.6 is 0 Å². The lowest BCUT2D eigenvalue weighted by atomic mass is 9.97. The summed E-state index contributed by atoms with van der Waals surface area (Å²) in [5.74, 6) is -1.72. The Hall–Kier alpha value is -4.17. The Kier molecular flexibility index (Phi) is 11.2. The van der Waals surface area contributed by atoms with Crippen LogP contribution in [0, 0.1) is 12.8 Å². The molecule has 1 aliphatic rings. The van der Waals surface area contributed by atoms with Crippen molar-refractivity contribution < 1.29 is 31.2 Å². The predicted octanol–water partition coefficient (Wildman–Crippen LogP) is 3.79. The standard InChI is InChI=1S/C33H42N4O8S2/c1-25-15-16-29(31(39)36(25)22-30(38)34-21-26-17-19-35(20-18-26)32(40)45-33(2,3)4)37(46(41,42)23-27-11-7-5-8-12-27)47(43,44)24-28-13-9-6-10-14-28/h5-16,26H,17-24H2,1-4H3,(H,34,38). The number of likely N-dealkylation sites (tertiary alicyclic amines) is 1. The molecule has 0 bridgehead atoms. The SMILES string of the molecule is Cc1ccc(N(S(=O)(=O)Cc2ccccc2)S(=O)(=O)Cc2ccccc2)c(=O)n1CC(=O)NCC1CCN(C(=O)OC(C)(C)C)CC1. The number of hydrogen-bond donors (Lipinski definition) is 1. The first-order valence-corrected chi connectivity index (χ1v) is 18.6. The van der Waals surface area contributed by atoms with Crippen molar-refractivity contribution in [2.45, 2.75) is 64.2 Å². The number of rotatable bonds is 11. The Labute approximate surface area is 276 Å². The van der Waals surface area contributed by atoms with E-state index in [1.54, 1.807) is 93.3 Å². The molecule has 0 saturated carbocycles. The van der Waals surface area contributed by atoms with Crippen molar-refractivity contribution in [3.8, 4) is 0 Å². The van der Waals surface area contributed by atoms with Crippen LogP contribution in [0.5, 0.6) is 0 Å². The van der Waals surface area contributed by atoms with Crippen LogP contribution in [0.2, 0.25) is 0 Å². The molecule has 0 radical (unpaired) electrons. The highest BCUT2D eigenvalue weighted by Gasteiger charge is 2.37. The summed E-state index contributed by atoms with van der Waals surface area (Å²) in [5, 5.41) is 2.83. The number of carbonyl (C=O) groups excluding carboxylic acids is 2. The summed E-state index contributed by atoms with van der Waals surface area (Å²) in [6, 6.07) is 18.7. The van der Waals surface area contributed by atoms with Crippen molar-refractivity contribution in [2.75, 3.05) is 23.3 Å². The number of piperidine rings is 1. The molecule has 1 aliphatic heterocycles. The normalized spacial score (nSPS) is 14.4. The highest BCUT2D eigenvalue weighted by molar-refractivity contribution is 8.09. The molecule has 2 amide bonds. The number of sulfonamides is 2. The van der Waals surface area contributed by atoms with Gasteiger partial charge in [-0.05, 0) is 69.7 Å². The van der Waals surface area contributed by atoms with Crippen LogP contribution in [0.25, 0.3) is 0 Å². The Morgan fingerprint density at radius 2 is 1.36 bits per heavy atom. The summed E-state index contributed by atoms with van der Waals surface area (Å²) in [6.45, 7) is 7.84.